The zero-order chi connectivity index (χ0) is 22.1. The molecular weight excluding hydrogens is 398 g/mol. The molecule has 4 aliphatic carbocycles. The summed E-state index contributed by atoms with van der Waals surface area (Å²) in [6.07, 6.45) is 7.23. The van der Waals surface area contributed by atoms with E-state index in [4.69, 9.17) is 15.5 Å². The highest BCUT2D eigenvalue weighted by molar-refractivity contribution is 6.07. The second kappa shape index (κ2) is 6.84. The van der Waals surface area contributed by atoms with Crippen LogP contribution in [0.25, 0.3) is 11.1 Å². The highest BCUT2D eigenvalue weighted by Gasteiger charge is 2.67. The second-order valence-electron chi connectivity index (χ2n) is 10.6. The average Bonchev–Trinajstić information content (AvgIpc) is 3.03. The minimum Gasteiger partial charge on any atom is -0.497 e. The molecule has 5 nitrogen and oxygen atoms in total. The molecule has 5 aliphatic rings. The molecular formula is C27H31N3O2. The molecule has 1 heterocycles. The molecule has 1 amide bonds. The lowest BCUT2D eigenvalue weighted by atomic mass is 9.43. The third-order valence-corrected chi connectivity index (χ3v) is 8.75. The molecule has 1 aliphatic heterocycles. The number of likely N-dealkylation sites (N-methyl/N-ethyl adjacent to an activating group) is 1. The molecule has 166 valence electrons. The van der Waals surface area contributed by atoms with Crippen molar-refractivity contribution in [3.8, 4) is 16.9 Å². The number of nitrogens with zero attached hydrogens (tertiary/aromatic N) is 2. The van der Waals surface area contributed by atoms with Crippen molar-refractivity contribution in [1.82, 2.24) is 4.90 Å². The number of carbonyl (C=O) groups excluding carboxylic acids is 1. The number of aliphatic imine (C=N–C) groups is 1. The van der Waals surface area contributed by atoms with Gasteiger partial charge in [-0.3, -0.25) is 9.69 Å². The summed E-state index contributed by atoms with van der Waals surface area (Å²) in [4.78, 5) is 20.6. The molecule has 0 saturated heterocycles. The first-order valence-corrected chi connectivity index (χ1v) is 11.8. The Labute approximate surface area is 189 Å². The fourth-order valence-electron chi connectivity index (χ4n) is 7.74. The number of hydrogen-bond acceptors (Lipinski definition) is 4. The van der Waals surface area contributed by atoms with E-state index >= 15 is 0 Å². The minimum atomic E-state index is -0.912. The second-order valence-corrected chi connectivity index (χ2v) is 10.6. The summed E-state index contributed by atoms with van der Waals surface area (Å²) in [6, 6.07) is 16.5. The van der Waals surface area contributed by atoms with Crippen LogP contribution in [0.15, 0.2) is 53.5 Å². The lowest BCUT2D eigenvalue weighted by Crippen LogP contribution is -2.59. The van der Waals surface area contributed by atoms with Gasteiger partial charge in [-0.15, -0.1) is 0 Å². The summed E-state index contributed by atoms with van der Waals surface area (Å²) in [5.74, 6) is 3.39. The highest BCUT2D eigenvalue weighted by Crippen LogP contribution is 2.67. The van der Waals surface area contributed by atoms with Crippen LogP contribution in [0, 0.1) is 23.2 Å². The van der Waals surface area contributed by atoms with Crippen molar-refractivity contribution in [3.63, 3.8) is 0 Å². The normalized spacial score (nSPS) is 35.3. The van der Waals surface area contributed by atoms with E-state index in [1.165, 1.54) is 19.3 Å². The van der Waals surface area contributed by atoms with Gasteiger partial charge < -0.3 is 10.5 Å². The van der Waals surface area contributed by atoms with Gasteiger partial charge in [0.2, 0.25) is 0 Å². The fraction of sp³-hybridized carbons (Fsp3) is 0.481. The lowest BCUT2D eigenvalue weighted by Gasteiger charge is -2.61. The van der Waals surface area contributed by atoms with Crippen LogP contribution in [0.2, 0.25) is 0 Å². The number of ether oxygens (including phenoxy) is 1. The first-order valence-electron chi connectivity index (χ1n) is 11.8. The average molecular weight is 430 g/mol. The minimum absolute atomic E-state index is 0.0452. The molecule has 4 fully saturated rings. The van der Waals surface area contributed by atoms with E-state index in [0.29, 0.717) is 5.96 Å². The van der Waals surface area contributed by atoms with Crippen LogP contribution in [0.5, 0.6) is 5.75 Å². The molecule has 5 heteroatoms. The Morgan fingerprint density at radius 1 is 0.969 bits per heavy atom. The molecule has 2 aromatic rings. The van der Waals surface area contributed by atoms with Crippen LogP contribution in [0.1, 0.15) is 44.1 Å². The SMILES string of the molecule is COc1ccc(-c2cccc(C3(C45CC6CC(CC(C6)C4)C5)N=C(N)N(C)C3=O)c2)cc1. The molecule has 1 unspecified atom stereocenters. The van der Waals surface area contributed by atoms with Crippen LogP contribution in [0.4, 0.5) is 0 Å². The first kappa shape index (κ1) is 19.8. The van der Waals surface area contributed by atoms with Gasteiger partial charge in [-0.2, -0.15) is 0 Å². The van der Waals surface area contributed by atoms with Gasteiger partial charge in [-0.25, -0.2) is 4.99 Å². The maximum Gasteiger partial charge on any atom is 0.262 e. The molecule has 2 N–H and O–H groups in total. The topological polar surface area (TPSA) is 67.9 Å². The van der Waals surface area contributed by atoms with Gasteiger partial charge in [0.05, 0.1) is 7.11 Å². The van der Waals surface area contributed by atoms with Gasteiger partial charge in [-0.05, 0) is 91.2 Å². The van der Waals surface area contributed by atoms with Crippen molar-refractivity contribution in [2.45, 2.75) is 44.1 Å². The summed E-state index contributed by atoms with van der Waals surface area (Å²) in [7, 11) is 3.45. The van der Waals surface area contributed by atoms with Gasteiger partial charge in [-0.1, -0.05) is 30.3 Å². The Morgan fingerprint density at radius 2 is 1.59 bits per heavy atom. The van der Waals surface area contributed by atoms with Gasteiger partial charge >= 0.3 is 0 Å². The first-order chi connectivity index (χ1) is 15.4. The monoisotopic (exact) mass is 429 g/mol. The molecule has 0 radical (unpaired) electrons. The van der Waals surface area contributed by atoms with Gasteiger partial charge in [0.15, 0.2) is 11.5 Å². The van der Waals surface area contributed by atoms with Gasteiger partial charge in [0.25, 0.3) is 5.91 Å². The predicted molar refractivity (Wildman–Crippen MR) is 125 cm³/mol. The van der Waals surface area contributed by atoms with E-state index in [1.54, 1.807) is 19.1 Å². The zero-order valence-corrected chi connectivity index (χ0v) is 18.9. The number of carbonyl (C=O) groups is 1. The molecule has 32 heavy (non-hydrogen) atoms. The van der Waals surface area contributed by atoms with Crippen molar-refractivity contribution in [3.05, 3.63) is 54.1 Å². The third kappa shape index (κ3) is 2.63. The van der Waals surface area contributed by atoms with E-state index in [9.17, 15) is 4.79 Å². The van der Waals surface area contributed by atoms with Crippen LogP contribution in [0.3, 0.4) is 0 Å². The Bertz CT molecular complexity index is 1070. The number of rotatable bonds is 4. The Kier molecular flexibility index (Phi) is 4.24. The Balaban J connectivity index is 1.51. The van der Waals surface area contributed by atoms with Gasteiger partial charge in [0.1, 0.15) is 5.75 Å². The van der Waals surface area contributed by atoms with Gasteiger partial charge in [0, 0.05) is 12.5 Å². The van der Waals surface area contributed by atoms with E-state index in [2.05, 4.69) is 36.4 Å². The number of benzene rings is 2. The van der Waals surface area contributed by atoms with E-state index < -0.39 is 5.54 Å². The van der Waals surface area contributed by atoms with Crippen molar-refractivity contribution >= 4 is 11.9 Å². The predicted octanol–water partition coefficient (Wildman–Crippen LogP) is 4.56. The maximum absolute atomic E-state index is 14.0. The van der Waals surface area contributed by atoms with Crippen molar-refractivity contribution in [2.24, 2.45) is 33.9 Å². The van der Waals surface area contributed by atoms with Crippen molar-refractivity contribution in [1.29, 1.82) is 0 Å². The van der Waals surface area contributed by atoms with Crippen LogP contribution in [-0.4, -0.2) is 30.9 Å². The molecule has 0 spiro atoms. The quantitative estimate of drug-likeness (QED) is 0.775. The van der Waals surface area contributed by atoms with E-state index in [0.717, 1.165) is 59.5 Å². The fourth-order valence-corrected chi connectivity index (χ4v) is 7.74. The number of methoxy groups -OCH3 is 1. The summed E-state index contributed by atoms with van der Waals surface area (Å²) >= 11 is 0. The number of guanidine groups is 1. The lowest BCUT2D eigenvalue weighted by molar-refractivity contribution is -0.149. The molecule has 2 aromatic carbocycles. The van der Waals surface area contributed by atoms with E-state index in [-0.39, 0.29) is 11.3 Å². The van der Waals surface area contributed by atoms with Crippen LogP contribution >= 0.6 is 0 Å². The number of nitrogens with two attached hydrogens (primary N) is 1. The summed E-state index contributed by atoms with van der Waals surface area (Å²) in [5, 5.41) is 0. The largest absolute Gasteiger partial charge is 0.497 e. The van der Waals surface area contributed by atoms with Crippen molar-refractivity contribution in [2.75, 3.05) is 14.2 Å². The number of amides is 1. The summed E-state index contributed by atoms with van der Waals surface area (Å²) < 4.78 is 5.32. The molecule has 4 saturated carbocycles. The molecule has 1 atom stereocenters. The molecule has 7 rings (SSSR count). The maximum atomic E-state index is 14.0. The molecule has 4 bridgehead atoms. The van der Waals surface area contributed by atoms with Crippen molar-refractivity contribution < 1.29 is 9.53 Å². The highest BCUT2D eigenvalue weighted by atomic mass is 16.5. The van der Waals surface area contributed by atoms with Crippen LogP contribution in [-0.2, 0) is 10.3 Å². The molecule has 0 aromatic heterocycles. The van der Waals surface area contributed by atoms with Crippen LogP contribution < -0.4 is 10.5 Å². The van der Waals surface area contributed by atoms with E-state index in [1.807, 2.05) is 12.1 Å². The summed E-state index contributed by atoms with van der Waals surface area (Å²) in [6.45, 7) is 0. The standard InChI is InChI=1S/C27H31N3O2/c1-30-24(31)27(29-25(30)28,26-14-17-10-18(15-26)12-19(11-17)16-26)22-5-3-4-21(13-22)20-6-8-23(32-2)9-7-20/h3-9,13,17-19H,10-12,14-16H2,1-2H3,(H2,28,29). The zero-order valence-electron chi connectivity index (χ0n) is 18.9. The smallest absolute Gasteiger partial charge is 0.262 e. The number of hydrogen-bond donors (Lipinski definition) is 1. The Hall–Kier alpha value is -2.82. The Morgan fingerprint density at radius 3 is 2.12 bits per heavy atom. The summed E-state index contributed by atoms with van der Waals surface area (Å²) in [5.41, 5.74) is 8.46. The third-order valence-electron chi connectivity index (χ3n) is 8.75.